The molecule has 2 aliphatic rings. The second kappa shape index (κ2) is 14.5. The summed E-state index contributed by atoms with van der Waals surface area (Å²) in [6.07, 6.45) is 0. The topological polar surface area (TPSA) is 26.6 Å². The number of anilines is 3. The van der Waals surface area contributed by atoms with Gasteiger partial charge >= 0.3 is 0 Å². The van der Waals surface area contributed by atoms with E-state index in [-0.39, 0.29) is 0 Å². The lowest BCUT2D eigenvalue weighted by molar-refractivity contribution is 0.487. The quantitative estimate of drug-likeness (QED) is 0.173. The van der Waals surface area contributed by atoms with E-state index in [1.54, 1.807) is 0 Å². The fraction of sp³-hybridized carbons (Fsp3) is 0. The fourth-order valence-electron chi connectivity index (χ4n) is 9.87. The van der Waals surface area contributed by atoms with Crippen molar-refractivity contribution < 1.29 is 9.47 Å². The molecule has 11 aromatic rings. The van der Waals surface area contributed by atoms with Gasteiger partial charge in [0.15, 0.2) is 0 Å². The van der Waals surface area contributed by atoms with Gasteiger partial charge in [-0.1, -0.05) is 140 Å². The molecule has 13 rings (SSSR count). The fourth-order valence-corrected chi connectivity index (χ4v) is 9.87. The van der Waals surface area contributed by atoms with E-state index in [9.17, 15) is 0 Å². The molecule has 0 N–H and O–H groups in total. The van der Waals surface area contributed by atoms with Crippen molar-refractivity contribution in [3.05, 3.63) is 231 Å². The van der Waals surface area contributed by atoms with E-state index in [2.05, 4.69) is 222 Å². The Labute approximate surface area is 371 Å². The molecule has 0 aliphatic carbocycles. The van der Waals surface area contributed by atoms with Crippen LogP contribution >= 0.6 is 0 Å². The van der Waals surface area contributed by atoms with E-state index < -0.39 is 0 Å². The Morgan fingerprint density at radius 1 is 0.281 bits per heavy atom. The highest BCUT2D eigenvalue weighted by molar-refractivity contribution is 6.10. The van der Waals surface area contributed by atoms with Crippen LogP contribution in [-0.2, 0) is 0 Å². The van der Waals surface area contributed by atoms with E-state index in [4.69, 9.17) is 9.47 Å². The molecule has 300 valence electrons. The van der Waals surface area contributed by atoms with Gasteiger partial charge in [0.1, 0.15) is 23.0 Å². The Balaban J connectivity index is 0.977. The third-order valence-corrected chi connectivity index (χ3v) is 12.8. The molecule has 10 aromatic carbocycles. The summed E-state index contributed by atoms with van der Waals surface area (Å²) in [5, 5.41) is 2.47. The maximum Gasteiger partial charge on any atom is 0.135 e. The second-order valence-corrected chi connectivity index (χ2v) is 16.5. The van der Waals surface area contributed by atoms with E-state index in [1.165, 1.54) is 27.4 Å². The van der Waals surface area contributed by atoms with Gasteiger partial charge in [0.05, 0.1) is 11.0 Å². The molecular formula is C60H38N2O2. The average Bonchev–Trinajstić information content (AvgIpc) is 3.52. The minimum Gasteiger partial charge on any atom is -0.456 e. The van der Waals surface area contributed by atoms with Crippen molar-refractivity contribution in [2.24, 2.45) is 0 Å². The second-order valence-electron chi connectivity index (χ2n) is 16.5. The highest BCUT2D eigenvalue weighted by atomic mass is 16.5. The Morgan fingerprint density at radius 2 is 0.750 bits per heavy atom. The lowest BCUT2D eigenvalue weighted by Gasteiger charge is -2.28. The monoisotopic (exact) mass is 818 g/mol. The lowest BCUT2D eigenvalue weighted by atomic mass is 9.93. The van der Waals surface area contributed by atoms with Gasteiger partial charge in [-0.3, -0.25) is 0 Å². The van der Waals surface area contributed by atoms with E-state index in [0.29, 0.717) is 0 Å². The van der Waals surface area contributed by atoms with Crippen molar-refractivity contribution in [1.29, 1.82) is 0 Å². The van der Waals surface area contributed by atoms with Crippen molar-refractivity contribution in [3.8, 4) is 84.3 Å². The maximum atomic E-state index is 6.71. The SMILES string of the molecule is c1ccc(-n2c3ccccc3c3cc(-c4ccc(N(c5ccc6c(c5)-c5ccccc5-c5ccccc5O6)c5ccc6c(c5)-c5ccccc5Oc5ccccc5-6)cc4)ccc32)cc1. The normalized spacial score (nSPS) is 12.0. The van der Waals surface area contributed by atoms with E-state index in [1.807, 2.05) is 18.2 Å². The number of benzene rings is 10. The zero-order valence-corrected chi connectivity index (χ0v) is 34.7. The van der Waals surface area contributed by atoms with Crippen LogP contribution in [0.2, 0.25) is 0 Å². The number of hydrogen-bond acceptors (Lipinski definition) is 3. The number of ether oxygens (including phenoxy) is 2. The molecule has 4 nitrogen and oxygen atoms in total. The van der Waals surface area contributed by atoms with E-state index >= 15 is 0 Å². The first-order valence-corrected chi connectivity index (χ1v) is 21.7. The van der Waals surface area contributed by atoms with Crippen LogP contribution in [0.5, 0.6) is 23.0 Å². The van der Waals surface area contributed by atoms with Crippen LogP contribution in [-0.4, -0.2) is 4.57 Å². The van der Waals surface area contributed by atoms with Gasteiger partial charge in [0.2, 0.25) is 0 Å². The van der Waals surface area contributed by atoms with Gasteiger partial charge in [-0.25, -0.2) is 0 Å². The zero-order chi connectivity index (χ0) is 42.1. The van der Waals surface area contributed by atoms with Crippen LogP contribution < -0.4 is 14.4 Å². The summed E-state index contributed by atoms with van der Waals surface area (Å²) >= 11 is 0. The summed E-state index contributed by atoms with van der Waals surface area (Å²) in [6.45, 7) is 0. The van der Waals surface area contributed by atoms with Gasteiger partial charge in [0.25, 0.3) is 0 Å². The predicted molar refractivity (Wildman–Crippen MR) is 263 cm³/mol. The molecular weight excluding hydrogens is 781 g/mol. The van der Waals surface area contributed by atoms with Crippen molar-refractivity contribution in [3.63, 3.8) is 0 Å². The molecule has 0 unspecified atom stereocenters. The Kier molecular flexibility index (Phi) is 8.18. The van der Waals surface area contributed by atoms with Crippen LogP contribution in [0.1, 0.15) is 0 Å². The van der Waals surface area contributed by atoms with Gasteiger partial charge in [-0.15, -0.1) is 0 Å². The minimum absolute atomic E-state index is 0.824. The highest BCUT2D eigenvalue weighted by Crippen LogP contribution is 2.51. The molecule has 1 aromatic heterocycles. The molecule has 0 bridgehead atoms. The van der Waals surface area contributed by atoms with Gasteiger partial charge in [0, 0.05) is 55.8 Å². The molecule has 0 spiro atoms. The Hall–Kier alpha value is -8.60. The summed E-state index contributed by atoms with van der Waals surface area (Å²) in [4.78, 5) is 2.36. The third-order valence-electron chi connectivity index (χ3n) is 12.8. The molecule has 0 atom stereocenters. The third kappa shape index (κ3) is 5.77. The summed E-state index contributed by atoms with van der Waals surface area (Å²) in [5.74, 6) is 3.36. The minimum atomic E-state index is 0.824. The number of para-hydroxylation sites is 5. The summed E-state index contributed by atoms with van der Waals surface area (Å²) in [7, 11) is 0. The summed E-state index contributed by atoms with van der Waals surface area (Å²) in [6, 6.07) is 82.1. The highest BCUT2D eigenvalue weighted by Gasteiger charge is 2.26. The smallest absolute Gasteiger partial charge is 0.135 e. The molecule has 4 heteroatoms. The molecule has 0 radical (unpaired) electrons. The number of rotatable bonds is 5. The molecule has 0 saturated carbocycles. The Morgan fingerprint density at radius 3 is 1.44 bits per heavy atom. The molecule has 0 fully saturated rings. The molecule has 2 aliphatic heterocycles. The van der Waals surface area contributed by atoms with Gasteiger partial charge in [-0.2, -0.15) is 0 Å². The number of nitrogens with zero attached hydrogens (tertiary/aromatic N) is 2. The first-order chi connectivity index (χ1) is 31.7. The van der Waals surface area contributed by atoms with Crippen molar-refractivity contribution in [2.45, 2.75) is 0 Å². The van der Waals surface area contributed by atoms with Crippen molar-refractivity contribution in [1.82, 2.24) is 4.57 Å². The molecule has 0 amide bonds. The van der Waals surface area contributed by atoms with Crippen LogP contribution in [0, 0.1) is 0 Å². The first-order valence-electron chi connectivity index (χ1n) is 21.7. The van der Waals surface area contributed by atoms with Gasteiger partial charge in [-0.05, 0) is 124 Å². The summed E-state index contributed by atoms with van der Waals surface area (Å²) < 4.78 is 15.7. The zero-order valence-electron chi connectivity index (χ0n) is 34.7. The van der Waals surface area contributed by atoms with Crippen LogP contribution in [0.3, 0.4) is 0 Å². The summed E-state index contributed by atoms with van der Waals surface area (Å²) in [5.41, 5.74) is 17.7. The van der Waals surface area contributed by atoms with Crippen LogP contribution in [0.4, 0.5) is 17.1 Å². The van der Waals surface area contributed by atoms with Crippen LogP contribution in [0.25, 0.3) is 83.1 Å². The largest absolute Gasteiger partial charge is 0.456 e. The molecule has 0 saturated heterocycles. The van der Waals surface area contributed by atoms with Crippen LogP contribution in [0.15, 0.2) is 231 Å². The van der Waals surface area contributed by atoms with Gasteiger partial charge < -0.3 is 18.9 Å². The van der Waals surface area contributed by atoms with E-state index in [0.717, 1.165) is 95.8 Å². The molecule has 3 heterocycles. The number of fused-ring (bicyclic) bond motifs is 13. The lowest BCUT2D eigenvalue weighted by Crippen LogP contribution is -2.10. The number of aromatic nitrogens is 1. The first kappa shape index (κ1) is 36.1. The molecule has 64 heavy (non-hydrogen) atoms. The predicted octanol–water partition coefficient (Wildman–Crippen LogP) is 16.8. The van der Waals surface area contributed by atoms with Crippen molar-refractivity contribution >= 4 is 38.9 Å². The average molecular weight is 819 g/mol. The Bertz CT molecular complexity index is 3620. The standard InChI is InChI=1S/C60H38N2O2/c1-2-14-41(15-3-1)62-55-22-10-6-18-48(55)53-36-40(28-34-56(53)62)39-26-29-42(30-27-39)61(43-31-33-47-50-20-8-12-24-58(50)63-59-25-13-9-21-51(59)52(47)37-43)44-32-35-60-54(38-44)46-17-5-4-16-45(46)49-19-7-11-23-57(49)64-60/h1-38H. The maximum absolute atomic E-state index is 6.71. The number of hydrogen-bond donors (Lipinski definition) is 0. The van der Waals surface area contributed by atoms with Crippen molar-refractivity contribution in [2.75, 3.05) is 4.90 Å².